The Morgan fingerprint density at radius 2 is 1.14 bits per heavy atom. The summed E-state index contributed by atoms with van der Waals surface area (Å²) in [6.07, 6.45) is 0. The van der Waals surface area contributed by atoms with Crippen molar-refractivity contribution in [2.45, 2.75) is 36.1 Å². The normalized spacial score (nSPS) is 10.6. The van der Waals surface area contributed by atoms with Crippen LogP contribution in [0.3, 0.4) is 0 Å². The molecule has 0 aliphatic heterocycles. The summed E-state index contributed by atoms with van der Waals surface area (Å²) in [4.78, 5) is 0. The zero-order chi connectivity index (χ0) is 5.86. The number of hydrogen-bond acceptors (Lipinski definition) is 0. The first-order valence-corrected chi connectivity index (χ1v) is 4.69. The predicted molar refractivity (Wildman–Crippen MR) is 30.2 cm³/mol. The molecule has 0 rings (SSSR count). The zero-order valence-electron chi connectivity index (χ0n) is 5.65. The summed E-state index contributed by atoms with van der Waals surface area (Å²) in [7, 11) is 0. The Hall–Kier alpha value is 0.714. The van der Waals surface area contributed by atoms with Crippen molar-refractivity contribution in [2.24, 2.45) is 0 Å². The summed E-state index contributed by atoms with van der Waals surface area (Å²) in [5, 5.41) is 0. The number of rotatable bonds is 2. The average molecular weight is 134 g/mol. The minimum absolute atomic E-state index is 0.389. The first kappa shape index (κ1) is 7.71. The molecule has 0 heterocycles. The van der Waals surface area contributed by atoms with E-state index in [9.17, 15) is 0 Å². The van der Waals surface area contributed by atoms with Gasteiger partial charge in [-0.15, -0.1) is 0 Å². The van der Waals surface area contributed by atoms with Gasteiger partial charge in [-0.3, -0.25) is 0 Å². The Labute approximate surface area is 55.6 Å². The van der Waals surface area contributed by atoms with E-state index < -0.39 is 0 Å². The summed E-state index contributed by atoms with van der Waals surface area (Å²) >= 11 is 0.389. The van der Waals surface area contributed by atoms with Crippen LogP contribution in [0.5, 0.6) is 0 Å². The van der Waals surface area contributed by atoms with Gasteiger partial charge in [-0.05, 0) is 0 Å². The van der Waals surface area contributed by atoms with Crippen molar-refractivity contribution in [1.29, 1.82) is 0 Å². The summed E-state index contributed by atoms with van der Waals surface area (Å²) in [5.74, 6) is 0. The van der Waals surface area contributed by atoms with Crippen LogP contribution in [0.25, 0.3) is 0 Å². The Bertz CT molecular complexity index is 33.4. The van der Waals surface area contributed by atoms with Gasteiger partial charge < -0.3 is 0 Å². The van der Waals surface area contributed by atoms with Crippen LogP contribution in [-0.4, -0.2) is 0 Å². The van der Waals surface area contributed by atoms with Crippen molar-refractivity contribution in [2.75, 3.05) is 0 Å². The molecular formula is C6H14Ti. The van der Waals surface area contributed by atoms with E-state index in [0.29, 0.717) is 19.2 Å². The van der Waals surface area contributed by atoms with E-state index in [1.165, 1.54) is 0 Å². The Balaban J connectivity index is 2.95. The predicted octanol–water partition coefficient (Wildman–Crippen LogP) is 2.73. The third kappa shape index (κ3) is 6.71. The molecule has 0 radical (unpaired) electrons. The summed E-state index contributed by atoms with van der Waals surface area (Å²) in [6.45, 7) is 9.28. The molecule has 0 aromatic carbocycles. The van der Waals surface area contributed by atoms with E-state index in [4.69, 9.17) is 0 Å². The van der Waals surface area contributed by atoms with Crippen molar-refractivity contribution in [3.8, 4) is 0 Å². The summed E-state index contributed by atoms with van der Waals surface area (Å²) < 4.78 is 2.00. The van der Waals surface area contributed by atoms with Crippen molar-refractivity contribution in [1.82, 2.24) is 0 Å². The maximum absolute atomic E-state index is 2.32. The summed E-state index contributed by atoms with van der Waals surface area (Å²) in [5.41, 5.74) is 0. The zero-order valence-corrected chi connectivity index (χ0v) is 7.22. The molecule has 0 saturated heterocycles. The minimum atomic E-state index is 0.389. The fourth-order valence-electron chi connectivity index (χ4n) is 0.667. The van der Waals surface area contributed by atoms with Crippen LogP contribution in [0.2, 0.25) is 8.45 Å². The first-order chi connectivity index (χ1) is 3.13. The van der Waals surface area contributed by atoms with Crippen LogP contribution in [0.4, 0.5) is 0 Å². The van der Waals surface area contributed by atoms with E-state index in [-0.39, 0.29) is 0 Å². The quantitative estimate of drug-likeness (QED) is 0.509. The van der Waals surface area contributed by atoms with Gasteiger partial charge in [0.2, 0.25) is 0 Å². The standard InChI is InChI=1S/2C3H7.Ti/c2*1-3-2;/h2*3H,1-2H3;. The molecule has 0 aliphatic rings. The van der Waals surface area contributed by atoms with Gasteiger partial charge >= 0.3 is 55.3 Å². The maximum atomic E-state index is 2.32. The summed E-state index contributed by atoms with van der Waals surface area (Å²) in [6, 6.07) is 0. The molecular weight excluding hydrogens is 120 g/mol. The van der Waals surface area contributed by atoms with E-state index >= 15 is 0 Å². The van der Waals surface area contributed by atoms with Gasteiger partial charge in [-0.2, -0.15) is 0 Å². The topological polar surface area (TPSA) is 0 Å². The van der Waals surface area contributed by atoms with Crippen molar-refractivity contribution in [3.63, 3.8) is 0 Å². The van der Waals surface area contributed by atoms with Gasteiger partial charge in [-0.1, -0.05) is 0 Å². The van der Waals surface area contributed by atoms with Gasteiger partial charge in [0.25, 0.3) is 0 Å². The van der Waals surface area contributed by atoms with E-state index in [0.717, 1.165) is 8.45 Å². The molecule has 0 atom stereocenters. The van der Waals surface area contributed by atoms with Gasteiger partial charge in [-0.25, -0.2) is 0 Å². The van der Waals surface area contributed by atoms with Crippen molar-refractivity contribution >= 4 is 0 Å². The van der Waals surface area contributed by atoms with Gasteiger partial charge in [0, 0.05) is 0 Å². The molecule has 0 saturated carbocycles. The first-order valence-electron chi connectivity index (χ1n) is 2.89. The molecule has 0 N–H and O–H groups in total. The van der Waals surface area contributed by atoms with Gasteiger partial charge in [0.1, 0.15) is 0 Å². The molecule has 0 aromatic rings. The van der Waals surface area contributed by atoms with Crippen molar-refractivity contribution in [3.05, 3.63) is 0 Å². The second kappa shape index (κ2) is 3.68. The molecule has 0 spiro atoms. The van der Waals surface area contributed by atoms with Crippen LogP contribution in [-0.2, 0) is 19.2 Å². The van der Waals surface area contributed by atoms with Crippen LogP contribution in [0.15, 0.2) is 0 Å². The SMILES string of the molecule is C[CH](C)[Ti][CH](C)C. The second-order valence-corrected chi connectivity index (χ2v) is 6.60. The molecule has 0 nitrogen and oxygen atoms in total. The Morgan fingerprint density at radius 3 is 1.14 bits per heavy atom. The second-order valence-electron chi connectivity index (χ2n) is 2.48. The van der Waals surface area contributed by atoms with E-state index in [1.54, 1.807) is 0 Å². The van der Waals surface area contributed by atoms with Crippen LogP contribution in [0, 0.1) is 0 Å². The molecule has 0 unspecified atom stereocenters. The third-order valence-corrected chi connectivity index (χ3v) is 2.75. The van der Waals surface area contributed by atoms with Crippen LogP contribution >= 0.6 is 0 Å². The molecule has 0 fully saturated rings. The van der Waals surface area contributed by atoms with E-state index in [1.807, 2.05) is 0 Å². The fraction of sp³-hybridized carbons (Fsp3) is 1.00. The molecule has 0 amide bonds. The fourth-order valence-corrected chi connectivity index (χ4v) is 2.75. The number of hydrogen-bond donors (Lipinski definition) is 0. The Kier molecular flexibility index (Phi) is 4.06. The van der Waals surface area contributed by atoms with Gasteiger partial charge in [0.05, 0.1) is 0 Å². The van der Waals surface area contributed by atoms with E-state index in [2.05, 4.69) is 27.7 Å². The third-order valence-electron chi connectivity index (χ3n) is 0.667. The average Bonchev–Trinajstić information content (AvgIpc) is 1.27. The molecule has 7 heavy (non-hydrogen) atoms. The molecule has 1 heteroatoms. The van der Waals surface area contributed by atoms with Crippen molar-refractivity contribution < 1.29 is 19.2 Å². The molecule has 0 bridgehead atoms. The molecule has 0 aliphatic carbocycles. The molecule has 42 valence electrons. The monoisotopic (exact) mass is 134 g/mol. The Morgan fingerprint density at radius 1 is 0.857 bits per heavy atom. The van der Waals surface area contributed by atoms with Crippen LogP contribution < -0.4 is 0 Å². The van der Waals surface area contributed by atoms with Gasteiger partial charge in [0.15, 0.2) is 0 Å². The molecule has 0 aromatic heterocycles. The van der Waals surface area contributed by atoms with Crippen LogP contribution in [0.1, 0.15) is 27.7 Å².